The van der Waals surface area contributed by atoms with E-state index in [4.69, 9.17) is 5.11 Å². The predicted molar refractivity (Wildman–Crippen MR) is 80.4 cm³/mol. The van der Waals surface area contributed by atoms with Crippen LogP contribution in [0.15, 0.2) is 12.4 Å². The third kappa shape index (κ3) is 4.96. The van der Waals surface area contributed by atoms with Gasteiger partial charge in [-0.3, -0.25) is 4.79 Å². The Balaban J connectivity index is 1.73. The van der Waals surface area contributed by atoms with Crippen molar-refractivity contribution < 1.29 is 14.7 Å². The topological polar surface area (TPSA) is 98.3 Å². The fourth-order valence-corrected chi connectivity index (χ4v) is 3.34. The van der Waals surface area contributed by atoms with E-state index >= 15 is 0 Å². The molecular formula is C13H20N4O3S. The number of hydrogen-bond donors (Lipinski definition) is 3. The van der Waals surface area contributed by atoms with E-state index in [1.54, 1.807) is 29.1 Å². The highest BCUT2D eigenvalue weighted by Gasteiger charge is 2.28. The van der Waals surface area contributed by atoms with Crippen LogP contribution < -0.4 is 5.32 Å². The number of nitrogens with one attached hydrogen (secondary N) is 2. The zero-order valence-corrected chi connectivity index (χ0v) is 12.6. The number of aromatic nitrogens is 2. The smallest absolute Gasteiger partial charge is 0.317 e. The van der Waals surface area contributed by atoms with Gasteiger partial charge in [0.05, 0.1) is 12.5 Å². The first-order valence-electron chi connectivity index (χ1n) is 6.99. The van der Waals surface area contributed by atoms with Crippen molar-refractivity contribution in [1.82, 2.24) is 20.2 Å². The van der Waals surface area contributed by atoms with Gasteiger partial charge in [0.1, 0.15) is 5.82 Å². The zero-order valence-electron chi connectivity index (χ0n) is 11.7. The molecule has 3 N–H and O–H groups in total. The highest BCUT2D eigenvalue weighted by Crippen LogP contribution is 2.19. The molecule has 2 heterocycles. The van der Waals surface area contributed by atoms with Crippen molar-refractivity contribution in [2.45, 2.75) is 25.3 Å². The van der Waals surface area contributed by atoms with Crippen molar-refractivity contribution >= 4 is 23.8 Å². The van der Waals surface area contributed by atoms with Crippen LogP contribution in [0, 0.1) is 0 Å². The van der Waals surface area contributed by atoms with E-state index in [1.807, 2.05) is 0 Å². The summed E-state index contributed by atoms with van der Waals surface area (Å²) in [6.45, 7) is 1.16. The van der Waals surface area contributed by atoms with Gasteiger partial charge in [0, 0.05) is 43.4 Å². The number of carbonyl (C=O) groups is 2. The standard InChI is InChI=1S/C13H20N4O3S/c18-12(19)8-10-9-21-7-6-17(10)13(20)16-3-1-2-11-14-4-5-15-11/h4-5,10H,1-3,6-9H2,(H,14,15)(H,16,20)(H,18,19). The van der Waals surface area contributed by atoms with Crippen molar-refractivity contribution in [3.8, 4) is 0 Å². The first-order valence-corrected chi connectivity index (χ1v) is 8.14. The molecule has 1 atom stereocenters. The second-order valence-corrected chi connectivity index (χ2v) is 6.04. The summed E-state index contributed by atoms with van der Waals surface area (Å²) < 4.78 is 0. The molecule has 0 aromatic carbocycles. The van der Waals surface area contributed by atoms with Gasteiger partial charge in [-0.1, -0.05) is 0 Å². The SMILES string of the molecule is O=C(O)CC1CSCCN1C(=O)NCCCc1ncc[nH]1. The Morgan fingerprint density at radius 1 is 1.57 bits per heavy atom. The number of amides is 2. The van der Waals surface area contributed by atoms with Crippen LogP contribution in [0.1, 0.15) is 18.7 Å². The van der Waals surface area contributed by atoms with Crippen molar-refractivity contribution in [2.75, 3.05) is 24.6 Å². The van der Waals surface area contributed by atoms with E-state index in [2.05, 4.69) is 15.3 Å². The minimum Gasteiger partial charge on any atom is -0.481 e. The second kappa shape index (κ2) is 7.92. The lowest BCUT2D eigenvalue weighted by Gasteiger charge is -2.34. The summed E-state index contributed by atoms with van der Waals surface area (Å²) in [4.78, 5) is 31.8. The number of aromatic amines is 1. The number of aliphatic carboxylic acids is 1. The van der Waals surface area contributed by atoms with Crippen LogP contribution >= 0.6 is 11.8 Å². The number of thioether (sulfide) groups is 1. The average Bonchev–Trinajstić information content (AvgIpc) is 2.96. The monoisotopic (exact) mass is 312 g/mol. The van der Waals surface area contributed by atoms with E-state index < -0.39 is 5.97 Å². The molecule has 0 aliphatic carbocycles. The molecule has 1 unspecified atom stereocenters. The third-order valence-electron chi connectivity index (χ3n) is 3.32. The summed E-state index contributed by atoms with van der Waals surface area (Å²) in [5.41, 5.74) is 0. The molecule has 1 aliphatic rings. The van der Waals surface area contributed by atoms with Crippen LogP contribution in [0.5, 0.6) is 0 Å². The van der Waals surface area contributed by atoms with Gasteiger partial charge in [0.2, 0.25) is 0 Å². The molecule has 7 nitrogen and oxygen atoms in total. The highest BCUT2D eigenvalue weighted by molar-refractivity contribution is 7.99. The summed E-state index contributed by atoms with van der Waals surface area (Å²) >= 11 is 1.70. The minimum absolute atomic E-state index is 0.00676. The lowest BCUT2D eigenvalue weighted by atomic mass is 10.2. The molecule has 1 saturated heterocycles. The predicted octanol–water partition coefficient (Wildman–Crippen LogP) is 0.944. The second-order valence-electron chi connectivity index (χ2n) is 4.89. The molecule has 2 amide bonds. The van der Waals surface area contributed by atoms with E-state index in [0.29, 0.717) is 18.8 Å². The molecule has 1 aromatic rings. The fourth-order valence-electron chi connectivity index (χ4n) is 2.28. The molecule has 21 heavy (non-hydrogen) atoms. The van der Waals surface area contributed by atoms with Gasteiger partial charge in [-0.2, -0.15) is 11.8 Å². The number of aryl methyl sites for hydroxylation is 1. The molecule has 1 aromatic heterocycles. The molecule has 8 heteroatoms. The number of carbonyl (C=O) groups excluding carboxylic acids is 1. The number of carboxylic acid groups (broad SMARTS) is 1. The largest absolute Gasteiger partial charge is 0.481 e. The Bertz CT molecular complexity index is 466. The molecular weight excluding hydrogens is 292 g/mol. The van der Waals surface area contributed by atoms with Crippen molar-refractivity contribution in [2.24, 2.45) is 0 Å². The molecule has 0 bridgehead atoms. The van der Waals surface area contributed by atoms with Crippen LogP contribution in [0.4, 0.5) is 4.79 Å². The Morgan fingerprint density at radius 2 is 2.43 bits per heavy atom. The fraction of sp³-hybridized carbons (Fsp3) is 0.615. The van der Waals surface area contributed by atoms with Crippen LogP contribution in [0.25, 0.3) is 0 Å². The molecule has 116 valence electrons. The summed E-state index contributed by atoms with van der Waals surface area (Å²) in [6.07, 6.45) is 5.06. The van der Waals surface area contributed by atoms with Crippen LogP contribution in [0.3, 0.4) is 0 Å². The summed E-state index contributed by atoms with van der Waals surface area (Å²) in [6, 6.07) is -0.382. The Labute approximate surface area is 127 Å². The molecule has 0 radical (unpaired) electrons. The third-order valence-corrected chi connectivity index (χ3v) is 4.41. The summed E-state index contributed by atoms with van der Waals surface area (Å²) in [7, 11) is 0. The number of imidazole rings is 1. The number of hydrogen-bond acceptors (Lipinski definition) is 4. The summed E-state index contributed by atoms with van der Waals surface area (Å²) in [5.74, 6) is 1.59. The molecule has 0 saturated carbocycles. The molecule has 1 fully saturated rings. The zero-order chi connectivity index (χ0) is 15.1. The van der Waals surface area contributed by atoms with Gasteiger partial charge in [-0.05, 0) is 6.42 Å². The number of nitrogens with zero attached hydrogens (tertiary/aromatic N) is 2. The maximum atomic E-state index is 12.1. The van der Waals surface area contributed by atoms with Crippen LogP contribution in [0.2, 0.25) is 0 Å². The normalized spacial score (nSPS) is 18.5. The van der Waals surface area contributed by atoms with Gasteiger partial charge in [0.25, 0.3) is 0 Å². The lowest BCUT2D eigenvalue weighted by Crippen LogP contribution is -2.51. The first kappa shape index (κ1) is 15.7. The van der Waals surface area contributed by atoms with Gasteiger partial charge in [-0.25, -0.2) is 9.78 Å². The Hall–Kier alpha value is -1.70. The van der Waals surface area contributed by atoms with Gasteiger partial charge in [0.15, 0.2) is 0 Å². The molecule has 2 rings (SSSR count). The maximum absolute atomic E-state index is 12.1. The average molecular weight is 312 g/mol. The van der Waals surface area contributed by atoms with Crippen molar-refractivity contribution in [1.29, 1.82) is 0 Å². The highest BCUT2D eigenvalue weighted by atomic mass is 32.2. The maximum Gasteiger partial charge on any atom is 0.317 e. The number of carboxylic acids is 1. The van der Waals surface area contributed by atoms with Gasteiger partial charge in [-0.15, -0.1) is 0 Å². The summed E-state index contributed by atoms with van der Waals surface area (Å²) in [5, 5.41) is 11.8. The first-order chi connectivity index (χ1) is 10.2. The Morgan fingerprint density at radius 3 is 3.14 bits per heavy atom. The number of urea groups is 1. The van der Waals surface area contributed by atoms with Crippen LogP contribution in [-0.4, -0.2) is 62.6 Å². The van der Waals surface area contributed by atoms with Crippen molar-refractivity contribution in [3.63, 3.8) is 0 Å². The number of rotatable bonds is 6. The van der Waals surface area contributed by atoms with Crippen molar-refractivity contribution in [3.05, 3.63) is 18.2 Å². The lowest BCUT2D eigenvalue weighted by molar-refractivity contribution is -0.137. The van der Waals surface area contributed by atoms with E-state index in [1.165, 1.54) is 0 Å². The molecule has 0 spiro atoms. The molecule has 1 aliphatic heterocycles. The van der Waals surface area contributed by atoms with Gasteiger partial charge < -0.3 is 20.3 Å². The van der Waals surface area contributed by atoms with E-state index in [9.17, 15) is 9.59 Å². The van der Waals surface area contributed by atoms with Gasteiger partial charge >= 0.3 is 12.0 Å². The van der Waals surface area contributed by atoms with E-state index in [0.717, 1.165) is 24.4 Å². The minimum atomic E-state index is -0.863. The number of H-pyrrole nitrogens is 1. The van der Waals surface area contributed by atoms with E-state index in [-0.39, 0.29) is 18.5 Å². The van der Waals surface area contributed by atoms with Crippen LogP contribution in [-0.2, 0) is 11.2 Å². The Kier molecular flexibility index (Phi) is 5.91. The quantitative estimate of drug-likeness (QED) is 0.679.